The molecule has 0 fully saturated rings. The standard InChI is InChI=1S/C15H28O2.C11H20O2.C6H12/c1-15(2,3)13-11-9-7-5-6-8-10-12-14(16)17-4;1-3-4-5-6-7-8-9-10-11(12)13-2;1-5-6(2,3)4/h11,13H,5-10,12H2,1-4H3;3H,1,4-10H2,2H3;5H,1H2,2-4H3/b13-11+;;. The summed E-state index contributed by atoms with van der Waals surface area (Å²) in [5.74, 6) is -0.177. The molecule has 0 aromatic rings. The van der Waals surface area contributed by atoms with Crippen LogP contribution in [0, 0.1) is 10.8 Å². The maximum Gasteiger partial charge on any atom is 0.305 e. The van der Waals surface area contributed by atoms with Crippen LogP contribution in [0.1, 0.15) is 131 Å². The predicted octanol–water partition coefficient (Wildman–Crippen LogP) is 9.79. The van der Waals surface area contributed by atoms with Gasteiger partial charge in [0.25, 0.3) is 0 Å². The number of allylic oxidation sites excluding steroid dienone is 4. The van der Waals surface area contributed by atoms with Crippen LogP contribution in [0.2, 0.25) is 0 Å². The molecule has 0 rings (SSSR count). The zero-order valence-corrected chi connectivity index (χ0v) is 25.3. The second-order valence-electron chi connectivity index (χ2n) is 11.4. The minimum Gasteiger partial charge on any atom is -0.469 e. The number of ether oxygens (including phenoxy) is 2. The molecule has 0 N–H and O–H groups in total. The fourth-order valence-corrected chi connectivity index (χ4v) is 2.79. The average molecular weight is 509 g/mol. The fourth-order valence-electron chi connectivity index (χ4n) is 2.79. The number of carbonyl (C=O) groups is 2. The third-order valence-corrected chi connectivity index (χ3v) is 5.23. The van der Waals surface area contributed by atoms with Gasteiger partial charge >= 0.3 is 11.9 Å². The smallest absolute Gasteiger partial charge is 0.305 e. The molecule has 0 saturated carbocycles. The third-order valence-electron chi connectivity index (χ3n) is 5.23. The number of hydrogen-bond donors (Lipinski definition) is 0. The molecule has 4 heteroatoms. The van der Waals surface area contributed by atoms with Crippen LogP contribution in [-0.2, 0) is 19.1 Å². The Kier molecular flexibility index (Phi) is 28.2. The summed E-state index contributed by atoms with van der Waals surface area (Å²) in [4.78, 5) is 21.6. The quantitative estimate of drug-likeness (QED) is 0.118. The molecule has 0 atom stereocenters. The molecule has 0 aliphatic heterocycles. The van der Waals surface area contributed by atoms with Gasteiger partial charge in [-0.15, -0.1) is 13.2 Å². The van der Waals surface area contributed by atoms with Crippen LogP contribution in [0.25, 0.3) is 0 Å². The lowest BCUT2D eigenvalue weighted by molar-refractivity contribution is -0.141. The van der Waals surface area contributed by atoms with Gasteiger partial charge < -0.3 is 9.47 Å². The molecule has 0 aliphatic rings. The van der Waals surface area contributed by atoms with Crippen molar-refractivity contribution >= 4 is 11.9 Å². The van der Waals surface area contributed by atoms with Crippen molar-refractivity contribution in [2.75, 3.05) is 14.2 Å². The first kappa shape index (κ1) is 38.7. The summed E-state index contributed by atoms with van der Waals surface area (Å²) in [7, 11) is 2.89. The number of unbranched alkanes of at least 4 members (excludes halogenated alkanes) is 10. The first-order chi connectivity index (χ1) is 16.8. The van der Waals surface area contributed by atoms with Crippen molar-refractivity contribution in [3.63, 3.8) is 0 Å². The highest BCUT2D eigenvalue weighted by atomic mass is 16.5. The van der Waals surface area contributed by atoms with Crippen molar-refractivity contribution in [1.29, 1.82) is 0 Å². The van der Waals surface area contributed by atoms with Crippen LogP contribution in [-0.4, -0.2) is 26.2 Å². The fraction of sp³-hybridized carbons (Fsp3) is 0.750. The highest BCUT2D eigenvalue weighted by Gasteiger charge is 2.03. The van der Waals surface area contributed by atoms with Gasteiger partial charge in [0.05, 0.1) is 14.2 Å². The van der Waals surface area contributed by atoms with E-state index in [0.717, 1.165) is 32.1 Å². The molecule has 0 amide bonds. The van der Waals surface area contributed by atoms with Crippen molar-refractivity contribution in [2.24, 2.45) is 10.8 Å². The average Bonchev–Trinajstić information content (AvgIpc) is 2.81. The molecule has 0 aromatic heterocycles. The molecule has 0 aromatic carbocycles. The van der Waals surface area contributed by atoms with Gasteiger partial charge in [-0.2, -0.15) is 0 Å². The van der Waals surface area contributed by atoms with E-state index in [0.29, 0.717) is 23.7 Å². The van der Waals surface area contributed by atoms with Gasteiger partial charge in [-0.1, -0.05) is 104 Å². The maximum atomic E-state index is 10.8. The summed E-state index contributed by atoms with van der Waals surface area (Å²) >= 11 is 0. The summed E-state index contributed by atoms with van der Waals surface area (Å²) < 4.78 is 9.14. The van der Waals surface area contributed by atoms with Crippen molar-refractivity contribution in [3.8, 4) is 0 Å². The summed E-state index contributed by atoms with van der Waals surface area (Å²) in [5, 5.41) is 0. The highest BCUT2D eigenvalue weighted by molar-refractivity contribution is 5.69. The van der Waals surface area contributed by atoms with E-state index in [9.17, 15) is 9.59 Å². The summed E-state index contributed by atoms with van der Waals surface area (Å²) in [6.07, 6.45) is 23.5. The molecule has 0 unspecified atom stereocenters. The van der Waals surface area contributed by atoms with E-state index in [1.54, 1.807) is 0 Å². The number of rotatable bonds is 16. The van der Waals surface area contributed by atoms with E-state index in [1.807, 2.05) is 12.2 Å². The van der Waals surface area contributed by atoms with E-state index in [-0.39, 0.29) is 11.9 Å². The molecule has 0 spiro atoms. The van der Waals surface area contributed by atoms with Gasteiger partial charge in [0.2, 0.25) is 0 Å². The number of hydrogen-bond acceptors (Lipinski definition) is 4. The Morgan fingerprint density at radius 2 is 0.972 bits per heavy atom. The molecule has 212 valence electrons. The zero-order valence-electron chi connectivity index (χ0n) is 25.3. The van der Waals surface area contributed by atoms with Crippen LogP contribution < -0.4 is 0 Å². The van der Waals surface area contributed by atoms with Crippen LogP contribution in [0.5, 0.6) is 0 Å². The van der Waals surface area contributed by atoms with E-state index < -0.39 is 0 Å². The zero-order chi connectivity index (χ0) is 28.3. The minimum absolute atomic E-state index is 0.0851. The second-order valence-corrected chi connectivity index (χ2v) is 11.4. The second kappa shape index (κ2) is 26.2. The molecule has 36 heavy (non-hydrogen) atoms. The summed E-state index contributed by atoms with van der Waals surface area (Å²) in [6, 6.07) is 0. The lowest BCUT2D eigenvalue weighted by atomic mass is 9.95. The van der Waals surface area contributed by atoms with Crippen LogP contribution in [0.15, 0.2) is 37.5 Å². The molecule has 0 heterocycles. The Balaban J connectivity index is -0.000000505. The first-order valence-corrected chi connectivity index (χ1v) is 13.9. The predicted molar refractivity (Wildman–Crippen MR) is 157 cm³/mol. The van der Waals surface area contributed by atoms with E-state index in [1.165, 1.54) is 59.2 Å². The summed E-state index contributed by atoms with van der Waals surface area (Å²) in [5.41, 5.74) is 0.612. The normalized spacial score (nSPS) is 11.0. The van der Waals surface area contributed by atoms with E-state index in [2.05, 4.69) is 76.3 Å². The van der Waals surface area contributed by atoms with Gasteiger partial charge in [0.1, 0.15) is 0 Å². The number of carbonyl (C=O) groups excluding carboxylic acids is 2. The lowest BCUT2D eigenvalue weighted by Gasteiger charge is -2.10. The molecule has 0 saturated heterocycles. The van der Waals surface area contributed by atoms with E-state index in [4.69, 9.17) is 0 Å². The Morgan fingerprint density at radius 1 is 0.611 bits per heavy atom. The van der Waals surface area contributed by atoms with Crippen molar-refractivity contribution < 1.29 is 19.1 Å². The first-order valence-electron chi connectivity index (χ1n) is 13.9. The molecular formula is C32H60O4. The van der Waals surface area contributed by atoms with Gasteiger partial charge in [-0.3, -0.25) is 9.59 Å². The molecular weight excluding hydrogens is 448 g/mol. The van der Waals surface area contributed by atoms with Crippen molar-refractivity contribution in [1.82, 2.24) is 0 Å². The topological polar surface area (TPSA) is 52.6 Å². The van der Waals surface area contributed by atoms with Crippen LogP contribution in [0.4, 0.5) is 0 Å². The summed E-state index contributed by atoms with van der Waals surface area (Å²) in [6.45, 7) is 20.3. The third kappa shape index (κ3) is 42.3. The van der Waals surface area contributed by atoms with Gasteiger partial charge in [-0.25, -0.2) is 0 Å². The lowest BCUT2D eigenvalue weighted by Crippen LogP contribution is -1.99. The molecule has 0 aliphatic carbocycles. The Morgan fingerprint density at radius 3 is 1.31 bits per heavy atom. The Bertz CT molecular complexity index is 562. The van der Waals surface area contributed by atoms with E-state index >= 15 is 0 Å². The molecule has 0 bridgehead atoms. The van der Waals surface area contributed by atoms with Gasteiger partial charge in [0.15, 0.2) is 0 Å². The van der Waals surface area contributed by atoms with Crippen LogP contribution >= 0.6 is 0 Å². The monoisotopic (exact) mass is 508 g/mol. The number of esters is 2. The Labute approximate surface area is 225 Å². The Hall–Kier alpha value is -1.84. The van der Waals surface area contributed by atoms with Crippen molar-refractivity contribution in [2.45, 2.75) is 131 Å². The van der Waals surface area contributed by atoms with Crippen LogP contribution in [0.3, 0.4) is 0 Å². The minimum atomic E-state index is -0.0916. The largest absolute Gasteiger partial charge is 0.469 e. The number of methoxy groups -OCH3 is 2. The molecule has 4 nitrogen and oxygen atoms in total. The van der Waals surface area contributed by atoms with Crippen molar-refractivity contribution in [3.05, 3.63) is 37.5 Å². The van der Waals surface area contributed by atoms with Gasteiger partial charge in [0, 0.05) is 12.8 Å². The highest BCUT2D eigenvalue weighted by Crippen LogP contribution is 2.16. The maximum absolute atomic E-state index is 10.8. The van der Waals surface area contributed by atoms with Gasteiger partial charge in [-0.05, 0) is 49.4 Å². The molecule has 0 radical (unpaired) electrons. The SMILES string of the molecule is C=CC(C)(C)C.C=CCCCCCCCC(=O)OC.COC(=O)CCCCCCC/C=C/C(C)(C)C.